The highest BCUT2D eigenvalue weighted by molar-refractivity contribution is 7.54. The van der Waals surface area contributed by atoms with E-state index in [1.165, 1.54) is 14.2 Å². The summed E-state index contributed by atoms with van der Waals surface area (Å²) in [5.74, 6) is -6.54. The van der Waals surface area contributed by atoms with Crippen molar-refractivity contribution >= 4 is 42.0 Å². The van der Waals surface area contributed by atoms with Gasteiger partial charge in [0.25, 0.3) is 0 Å². The summed E-state index contributed by atoms with van der Waals surface area (Å²) in [4.78, 5) is 39.9. The predicted molar refractivity (Wildman–Crippen MR) is 237 cm³/mol. The van der Waals surface area contributed by atoms with Crippen molar-refractivity contribution in [3.05, 3.63) is 0 Å². The zero-order valence-corrected chi connectivity index (χ0v) is 43.3. The van der Waals surface area contributed by atoms with E-state index in [0.29, 0.717) is 19.3 Å². The largest absolute Gasteiger partial charge is 0.481 e. The molecule has 0 spiro atoms. The number of nitriles is 1. The quantitative estimate of drug-likeness (QED) is 0.0578. The number of rotatable bonds is 23. The molecular formula is C43H80NO14PSi2. The van der Waals surface area contributed by atoms with Gasteiger partial charge in [0.05, 0.1) is 56.7 Å². The van der Waals surface area contributed by atoms with Gasteiger partial charge in [-0.3, -0.25) is 18.9 Å². The minimum atomic E-state index is -3.79. The molecule has 2 fully saturated rings. The molecule has 0 unspecified atom stereocenters. The Morgan fingerprint density at radius 3 is 1.97 bits per heavy atom. The van der Waals surface area contributed by atoms with E-state index in [-0.39, 0.29) is 55.4 Å². The van der Waals surface area contributed by atoms with E-state index in [1.54, 1.807) is 34.6 Å². The minimum absolute atomic E-state index is 0.0788. The Kier molecular flexibility index (Phi) is 19.7. The fourth-order valence-corrected chi connectivity index (χ4v) is 12.2. The van der Waals surface area contributed by atoms with Crippen LogP contribution >= 0.6 is 7.60 Å². The summed E-state index contributed by atoms with van der Waals surface area (Å²) >= 11 is 0. The first kappa shape index (κ1) is 55.6. The lowest BCUT2D eigenvalue weighted by Crippen LogP contribution is -2.60. The topological polar surface area (TPSA) is 195 Å². The zero-order valence-electron chi connectivity index (χ0n) is 40.4. The monoisotopic (exact) mass is 921 g/mol. The van der Waals surface area contributed by atoms with Crippen LogP contribution in [-0.4, -0.2) is 115 Å². The number of aliphatic carboxylic acids is 1. The van der Waals surface area contributed by atoms with E-state index in [4.69, 9.17) is 41.6 Å². The van der Waals surface area contributed by atoms with Gasteiger partial charge in [-0.15, -0.1) is 0 Å². The number of ketones is 1. The highest BCUT2D eigenvalue weighted by atomic mass is 31.2. The van der Waals surface area contributed by atoms with E-state index in [2.05, 4.69) is 73.8 Å². The van der Waals surface area contributed by atoms with Crippen LogP contribution in [0.15, 0.2) is 0 Å². The van der Waals surface area contributed by atoms with Crippen LogP contribution in [0.4, 0.5) is 0 Å². The van der Waals surface area contributed by atoms with E-state index in [0.717, 1.165) is 0 Å². The summed E-state index contributed by atoms with van der Waals surface area (Å²) in [6.07, 6.45) is -2.07. The van der Waals surface area contributed by atoms with Crippen LogP contribution in [0.25, 0.3) is 0 Å². The van der Waals surface area contributed by atoms with Crippen molar-refractivity contribution < 1.29 is 65.6 Å². The first-order chi connectivity index (χ1) is 27.8. The fraction of sp³-hybridized carbons (Fsp3) is 0.907. The van der Waals surface area contributed by atoms with Gasteiger partial charge < -0.3 is 46.7 Å². The van der Waals surface area contributed by atoms with Gasteiger partial charge in [-0.25, -0.2) is 0 Å². The first-order valence-corrected chi connectivity index (χ1v) is 29.5. The smallest absolute Gasteiger partial charge is 0.338 e. The summed E-state index contributed by atoms with van der Waals surface area (Å²) in [6.45, 7) is 29.9. The molecule has 0 aromatic heterocycles. The molecule has 0 amide bonds. The fourth-order valence-electron chi connectivity index (χ4n) is 7.85. The van der Waals surface area contributed by atoms with Crippen molar-refractivity contribution in [3.8, 4) is 6.07 Å². The molecule has 2 aliphatic rings. The van der Waals surface area contributed by atoms with E-state index >= 15 is 0 Å². The number of hydrogen-bond donors (Lipinski definition) is 1. The van der Waals surface area contributed by atoms with Crippen molar-refractivity contribution in [1.29, 1.82) is 5.26 Å². The Bertz CT molecular complexity index is 1560. The van der Waals surface area contributed by atoms with E-state index in [9.17, 15) is 29.3 Å². The lowest BCUT2D eigenvalue weighted by Gasteiger charge is -2.51. The van der Waals surface area contributed by atoms with E-state index in [1.807, 2.05) is 0 Å². The zero-order chi connectivity index (χ0) is 47.0. The van der Waals surface area contributed by atoms with Crippen molar-refractivity contribution in [2.24, 2.45) is 11.8 Å². The Balaban J connectivity index is 2.69. The Labute approximate surface area is 368 Å². The number of carbonyl (C=O) groups is 3. The second kappa shape index (κ2) is 21.6. The molecular weight excluding hydrogens is 842 g/mol. The molecule has 0 aromatic carbocycles. The highest BCUT2D eigenvalue weighted by Gasteiger charge is 2.56. The number of carbonyl (C=O) groups excluding carboxylic acids is 2. The van der Waals surface area contributed by atoms with Gasteiger partial charge in [0.15, 0.2) is 33.8 Å². The van der Waals surface area contributed by atoms with Gasteiger partial charge in [0.2, 0.25) is 0 Å². The normalized spacial score (nSPS) is 27.5. The lowest BCUT2D eigenvalue weighted by atomic mass is 9.82. The number of Topliss-reactive ketones (excluding diaryl/α,β-unsaturated/α-hetero) is 1. The van der Waals surface area contributed by atoms with Crippen LogP contribution in [0.3, 0.4) is 0 Å². The Hall–Kier alpha value is -1.56. The van der Waals surface area contributed by atoms with Gasteiger partial charge >= 0.3 is 19.5 Å². The number of carboxylic acids is 1. The molecule has 1 N–H and O–H groups in total. The molecule has 2 heterocycles. The summed E-state index contributed by atoms with van der Waals surface area (Å²) < 4.78 is 69.6. The summed E-state index contributed by atoms with van der Waals surface area (Å²) in [5, 5.41) is 20.2. The summed E-state index contributed by atoms with van der Waals surface area (Å²) in [5.41, 5.74) is -1.32. The lowest BCUT2D eigenvalue weighted by molar-refractivity contribution is -0.327. The highest BCUT2D eigenvalue weighted by Crippen LogP contribution is 2.50. The van der Waals surface area contributed by atoms with Crippen LogP contribution in [0.2, 0.25) is 36.3 Å². The molecule has 2 saturated heterocycles. The van der Waals surface area contributed by atoms with Gasteiger partial charge in [-0.2, -0.15) is 5.26 Å². The third-order valence-corrected chi connectivity index (χ3v) is 24.0. The molecule has 2 aliphatic heterocycles. The van der Waals surface area contributed by atoms with Gasteiger partial charge in [0, 0.05) is 32.8 Å². The molecule has 0 bridgehead atoms. The average Bonchev–Trinajstić information content (AvgIpc) is 3.09. The van der Waals surface area contributed by atoms with Crippen molar-refractivity contribution in [1.82, 2.24) is 0 Å². The molecule has 61 heavy (non-hydrogen) atoms. The summed E-state index contributed by atoms with van der Waals surface area (Å²) in [6, 6.07) is 2.38. The molecule has 0 saturated carbocycles. The number of nitrogens with zero attached hydrogens (tertiary/aromatic N) is 1. The second-order valence-electron chi connectivity index (χ2n) is 20.2. The maximum Gasteiger partial charge on any atom is 0.338 e. The number of esters is 1. The van der Waals surface area contributed by atoms with Crippen molar-refractivity contribution in [2.45, 2.75) is 205 Å². The van der Waals surface area contributed by atoms with Crippen molar-refractivity contribution in [3.63, 3.8) is 0 Å². The SMILES string of the molecule is CCOP(=O)(CC(=O)C[C@@H]1O[C@@](C[C@H](CCC[C@]2(C#N)C[C@H]([C@@H](CC)C(=O)O)OC(C)(C)O2)O[Si](C)(C)C(C)(C)C)(OC)C[C@H](O[Si](C)(C)C(C)(C)C)[C@H]1C(=O)OC)OCC. The predicted octanol–water partition coefficient (Wildman–Crippen LogP) is 9.39. The third-order valence-electron chi connectivity index (χ3n) is 13.0. The Morgan fingerprint density at radius 2 is 1.51 bits per heavy atom. The molecule has 354 valence electrons. The van der Waals surface area contributed by atoms with Crippen LogP contribution < -0.4 is 0 Å². The van der Waals surface area contributed by atoms with Crippen LogP contribution in [0, 0.1) is 23.2 Å². The number of carboxylic acid groups (broad SMARTS) is 1. The van der Waals surface area contributed by atoms with Crippen LogP contribution in [0.5, 0.6) is 0 Å². The average molecular weight is 922 g/mol. The van der Waals surface area contributed by atoms with Gasteiger partial charge in [-0.1, -0.05) is 48.5 Å². The second-order valence-corrected chi connectivity index (χ2v) is 31.8. The molecule has 18 heteroatoms. The van der Waals surface area contributed by atoms with Crippen LogP contribution in [-0.2, 0) is 60.5 Å². The maximum absolute atomic E-state index is 13.9. The molecule has 8 atom stereocenters. The first-order valence-electron chi connectivity index (χ1n) is 21.9. The van der Waals surface area contributed by atoms with Crippen LogP contribution in [0.1, 0.15) is 128 Å². The minimum Gasteiger partial charge on any atom is -0.481 e. The maximum atomic E-state index is 13.9. The molecule has 0 radical (unpaired) electrons. The molecule has 2 rings (SSSR count). The number of hydrogen-bond acceptors (Lipinski definition) is 14. The third kappa shape index (κ3) is 15.0. The van der Waals surface area contributed by atoms with E-state index < -0.39 is 102 Å². The summed E-state index contributed by atoms with van der Waals surface area (Å²) in [7, 11) is -6.06. The Morgan fingerprint density at radius 1 is 0.934 bits per heavy atom. The van der Waals surface area contributed by atoms with Gasteiger partial charge in [-0.05, 0) is 89.6 Å². The number of ether oxygens (including phenoxy) is 5. The molecule has 0 aliphatic carbocycles. The number of methoxy groups -OCH3 is 2. The molecule has 15 nitrogen and oxygen atoms in total. The van der Waals surface area contributed by atoms with Crippen molar-refractivity contribution in [2.75, 3.05) is 33.6 Å². The standard InChI is InChI=1S/C43H80NO14PSi2/c1-18-32(37(46)47)34-26-42(29-44,58-41(10,11)54-34)23-21-22-31(56-60(14,15)39(4,5)6)25-43(51-13)27-35(57-61(16,17)40(7,8)9)36(38(48)50-12)33(55-43)24-30(45)28-59(49,52-19-2)53-20-3/h31-36H,18-28H2,1-17H3,(H,46,47)/t31-,32+,33-,34+,35-,36-,42+,43+/m0/s1. The van der Waals surface area contributed by atoms with Gasteiger partial charge in [0.1, 0.15) is 17.9 Å². The molecule has 0 aromatic rings.